The van der Waals surface area contributed by atoms with Crippen LogP contribution in [0.4, 0.5) is 26.3 Å². The maximum atomic E-state index is 12.5. The number of hydrogen-bond donors (Lipinski definition) is 0. The Morgan fingerprint density at radius 1 is 0.640 bits per heavy atom. The average Bonchev–Trinajstić information content (AvgIpc) is 3.70. The zero-order valence-electron chi connectivity index (χ0n) is 29.7. The van der Waals surface area contributed by atoms with Crippen LogP contribution in [0, 0.1) is 19.9 Å². The summed E-state index contributed by atoms with van der Waals surface area (Å²) in [5, 5.41) is 0. The maximum absolute atomic E-state index is 12.5. The molecular formula is C43H42F6Zr. The molecule has 0 fully saturated rings. The molecule has 5 aromatic rings. The minimum Gasteiger partial charge on any atom is -0.214 e. The fourth-order valence-electron chi connectivity index (χ4n) is 6.16. The third-order valence-corrected chi connectivity index (χ3v) is 10.1. The van der Waals surface area contributed by atoms with Gasteiger partial charge in [-0.15, -0.1) is 16.7 Å². The van der Waals surface area contributed by atoms with Gasteiger partial charge in [0.05, 0.1) is 0 Å². The van der Waals surface area contributed by atoms with Crippen molar-refractivity contribution in [3.05, 3.63) is 159 Å². The molecule has 0 saturated heterocycles. The number of benzene rings is 4. The van der Waals surface area contributed by atoms with Crippen LogP contribution in [-0.4, -0.2) is 3.21 Å². The van der Waals surface area contributed by atoms with Gasteiger partial charge in [-0.2, -0.15) is 35.9 Å². The molecule has 50 heavy (non-hydrogen) atoms. The van der Waals surface area contributed by atoms with Crippen molar-refractivity contribution >= 4 is 3.21 Å². The maximum Gasteiger partial charge on any atom is -0.172 e. The minimum atomic E-state index is -4.41. The van der Waals surface area contributed by atoms with Crippen molar-refractivity contribution in [2.45, 2.75) is 85.0 Å². The second-order valence-corrected chi connectivity index (χ2v) is 15.9. The van der Waals surface area contributed by atoms with Crippen molar-refractivity contribution in [1.29, 1.82) is 0 Å². The standard InChI is InChI=1S/C23H29.C15H8F6.C5H5.Zr/c1-14-9-16-11-17-10-15(2)21(23(6,7)8)13-19(17)18(16)12-20(14)22(3,4)5;16-14(17,18)12-5-1-10(2-6-12)9-11-3-7-13(8-4-11)15(19,20)21;1-2-4-5-3-1;/h9,12-13H,11H2,1-8H3;1-8H;1-5H;/q-1;;-1;+2. The second kappa shape index (κ2) is 15.0. The van der Waals surface area contributed by atoms with Gasteiger partial charge in [0, 0.05) is 0 Å². The quantitative estimate of drug-likeness (QED) is 0.122. The van der Waals surface area contributed by atoms with Gasteiger partial charge in [-0.05, 0) is 35.4 Å². The Morgan fingerprint density at radius 3 is 1.46 bits per heavy atom. The van der Waals surface area contributed by atoms with Crippen LogP contribution in [0.3, 0.4) is 0 Å². The first-order valence-electron chi connectivity index (χ1n) is 16.4. The third-order valence-electron chi connectivity index (χ3n) is 8.64. The number of fused-ring (bicyclic) bond motifs is 3. The zero-order valence-corrected chi connectivity index (χ0v) is 32.2. The van der Waals surface area contributed by atoms with E-state index in [0.717, 1.165) is 54.9 Å². The smallest absolute Gasteiger partial charge is 0.172 e. The molecule has 0 N–H and O–H groups in total. The monoisotopic (exact) mass is 762 g/mol. The Hall–Kier alpha value is -3.44. The molecule has 1 aliphatic rings. The predicted molar refractivity (Wildman–Crippen MR) is 189 cm³/mol. The summed E-state index contributed by atoms with van der Waals surface area (Å²) in [5.41, 5.74) is 11.2. The van der Waals surface area contributed by atoms with E-state index < -0.39 is 23.5 Å². The van der Waals surface area contributed by atoms with E-state index in [9.17, 15) is 26.3 Å². The van der Waals surface area contributed by atoms with Crippen LogP contribution >= 0.6 is 0 Å². The largest absolute Gasteiger partial charge is 0.214 e. The summed E-state index contributed by atoms with van der Waals surface area (Å²) in [4.78, 5) is 0. The molecule has 0 unspecified atom stereocenters. The van der Waals surface area contributed by atoms with Gasteiger partial charge in [-0.3, -0.25) is 0 Å². The minimum absolute atomic E-state index is 0.163. The molecule has 0 saturated carbocycles. The predicted octanol–water partition coefficient (Wildman–Crippen LogP) is 12.5. The normalized spacial score (nSPS) is 12.6. The topological polar surface area (TPSA) is 0 Å². The molecule has 0 amide bonds. The van der Waals surface area contributed by atoms with Crippen LogP contribution in [0.2, 0.25) is 0 Å². The summed E-state index contributed by atoms with van der Waals surface area (Å²) >= 11 is 0.898. The Balaban J connectivity index is 0.000000197. The van der Waals surface area contributed by atoms with Crippen molar-refractivity contribution < 1.29 is 50.6 Å². The molecule has 1 aliphatic carbocycles. The molecule has 7 heteroatoms. The number of aryl methyl sites for hydroxylation is 2. The van der Waals surface area contributed by atoms with E-state index in [1.807, 2.05) is 30.3 Å². The van der Waals surface area contributed by atoms with Gasteiger partial charge in [0.15, 0.2) is 0 Å². The van der Waals surface area contributed by atoms with Crippen LogP contribution < -0.4 is 0 Å². The van der Waals surface area contributed by atoms with Gasteiger partial charge in [-0.25, -0.2) is 12.1 Å². The molecule has 0 aromatic heterocycles. The summed E-state index contributed by atoms with van der Waals surface area (Å²) in [5.74, 6) is 0. The van der Waals surface area contributed by atoms with E-state index in [2.05, 4.69) is 79.7 Å². The first-order chi connectivity index (χ1) is 23.1. The molecule has 0 spiro atoms. The summed E-state index contributed by atoms with van der Waals surface area (Å²) in [6, 6.07) is 30.1. The van der Waals surface area contributed by atoms with Crippen LogP contribution in [0.1, 0.15) is 97.2 Å². The number of halogens is 6. The van der Waals surface area contributed by atoms with Gasteiger partial charge in [0.1, 0.15) is 0 Å². The van der Waals surface area contributed by atoms with Crippen LogP contribution in [-0.2, 0) is 53.8 Å². The first-order valence-corrected chi connectivity index (χ1v) is 17.6. The SMILES string of the molecule is Cc1[c-]c2c(cc1C(C)(C)C)-c1cc(C(C)(C)C)c(C)cc1C2.FC(F)(F)c1ccc([C](=[Zr+2])c2ccc(C(F)(F)F)cc2)cc1.c1cc[cH-]c1. The van der Waals surface area contributed by atoms with Crippen LogP contribution in [0.5, 0.6) is 0 Å². The number of hydrogen-bond acceptors (Lipinski definition) is 0. The van der Waals surface area contributed by atoms with E-state index in [1.165, 1.54) is 68.8 Å². The number of rotatable bonds is 2. The molecule has 6 rings (SSSR count). The van der Waals surface area contributed by atoms with E-state index in [4.69, 9.17) is 0 Å². The van der Waals surface area contributed by atoms with Crippen molar-refractivity contribution in [2.24, 2.45) is 0 Å². The van der Waals surface area contributed by atoms with E-state index >= 15 is 0 Å². The molecule has 0 atom stereocenters. The fourth-order valence-corrected chi connectivity index (χ4v) is 6.98. The fraction of sp³-hybridized carbons (Fsp3) is 0.302. The van der Waals surface area contributed by atoms with Crippen molar-refractivity contribution in [2.75, 3.05) is 0 Å². The first kappa shape index (κ1) is 39.4. The molecule has 0 nitrogen and oxygen atoms in total. The Kier molecular flexibility index (Phi) is 11.8. The van der Waals surface area contributed by atoms with E-state index in [-0.39, 0.29) is 10.8 Å². The van der Waals surface area contributed by atoms with Gasteiger partial charge >= 0.3 is 137 Å². The molecule has 260 valence electrons. The van der Waals surface area contributed by atoms with Crippen LogP contribution in [0.15, 0.2) is 97.1 Å². The summed E-state index contributed by atoms with van der Waals surface area (Å²) in [6.45, 7) is 18.2. The average molecular weight is 764 g/mol. The summed E-state index contributed by atoms with van der Waals surface area (Å²) in [6.07, 6.45) is -7.79. The molecule has 5 aromatic carbocycles. The molecule has 0 aliphatic heterocycles. The Labute approximate surface area is 307 Å². The molecule has 0 heterocycles. The molecule has 0 radical (unpaired) electrons. The molecule has 0 bridgehead atoms. The summed E-state index contributed by atoms with van der Waals surface area (Å²) < 4.78 is 75.6. The second-order valence-electron chi connectivity index (χ2n) is 14.7. The number of alkyl halides is 6. The Morgan fingerprint density at radius 2 is 1.08 bits per heavy atom. The Bertz CT molecular complexity index is 1770. The molecular weight excluding hydrogens is 722 g/mol. The van der Waals surface area contributed by atoms with Crippen molar-refractivity contribution in [1.82, 2.24) is 0 Å². The van der Waals surface area contributed by atoms with E-state index in [0.29, 0.717) is 14.3 Å². The zero-order chi connectivity index (χ0) is 37.2. The van der Waals surface area contributed by atoms with Crippen molar-refractivity contribution in [3.63, 3.8) is 0 Å². The van der Waals surface area contributed by atoms with Crippen LogP contribution in [0.25, 0.3) is 11.1 Å². The van der Waals surface area contributed by atoms with Gasteiger partial charge < -0.3 is 0 Å². The van der Waals surface area contributed by atoms with Gasteiger partial charge in [0.2, 0.25) is 0 Å². The van der Waals surface area contributed by atoms with Gasteiger partial charge in [0.25, 0.3) is 0 Å². The van der Waals surface area contributed by atoms with Crippen molar-refractivity contribution in [3.8, 4) is 11.1 Å². The third kappa shape index (κ3) is 9.66. The summed E-state index contributed by atoms with van der Waals surface area (Å²) in [7, 11) is 0. The van der Waals surface area contributed by atoms with Gasteiger partial charge in [-0.1, -0.05) is 71.6 Å². The van der Waals surface area contributed by atoms with E-state index in [1.54, 1.807) is 0 Å².